The molecule has 1 aliphatic rings. The molecule has 0 bridgehead atoms. The minimum atomic E-state index is -0.0862. The number of rotatable bonds is 5. The zero-order chi connectivity index (χ0) is 12.8. The number of hydroxylamine groups is 1. The Morgan fingerprint density at radius 3 is 2.61 bits per heavy atom. The van der Waals surface area contributed by atoms with Crippen LogP contribution in [0.4, 0.5) is 5.69 Å². The van der Waals surface area contributed by atoms with Gasteiger partial charge in [-0.05, 0) is 31.9 Å². The van der Waals surface area contributed by atoms with Crippen molar-refractivity contribution in [1.82, 2.24) is 5.48 Å². The summed E-state index contributed by atoms with van der Waals surface area (Å²) in [5.74, 6) is -0.0862. The summed E-state index contributed by atoms with van der Waals surface area (Å²) in [4.78, 5) is 17.0. The predicted molar refractivity (Wildman–Crippen MR) is 71.2 cm³/mol. The highest BCUT2D eigenvalue weighted by molar-refractivity contribution is 5.92. The van der Waals surface area contributed by atoms with Gasteiger partial charge in [0.15, 0.2) is 0 Å². The lowest BCUT2D eigenvalue weighted by atomic mass is 10.2. The second kappa shape index (κ2) is 6.52. The van der Waals surface area contributed by atoms with Gasteiger partial charge in [-0.2, -0.15) is 5.48 Å². The molecule has 0 atom stereocenters. The first kappa shape index (κ1) is 13.1. The molecule has 1 aromatic rings. The Morgan fingerprint density at radius 1 is 1.28 bits per heavy atom. The van der Waals surface area contributed by atoms with Crippen LogP contribution in [0.15, 0.2) is 24.3 Å². The molecule has 0 unspecified atom stereocenters. The summed E-state index contributed by atoms with van der Waals surface area (Å²) in [7, 11) is 0. The van der Waals surface area contributed by atoms with Gasteiger partial charge in [-0.15, -0.1) is 0 Å². The third kappa shape index (κ3) is 4.13. The summed E-state index contributed by atoms with van der Waals surface area (Å²) in [5.41, 5.74) is 4.74. The Balaban J connectivity index is 1.66. The van der Waals surface area contributed by atoms with Crippen LogP contribution in [-0.2, 0) is 9.63 Å². The smallest absolute Gasteiger partial charge is 0.240 e. The van der Waals surface area contributed by atoms with Crippen molar-refractivity contribution in [2.45, 2.75) is 38.7 Å². The van der Waals surface area contributed by atoms with E-state index in [0.717, 1.165) is 18.5 Å². The summed E-state index contributed by atoms with van der Waals surface area (Å²) >= 11 is 0. The van der Waals surface area contributed by atoms with Gasteiger partial charge < -0.3 is 5.32 Å². The van der Waals surface area contributed by atoms with E-state index in [0.29, 0.717) is 0 Å². The van der Waals surface area contributed by atoms with Crippen molar-refractivity contribution in [3.63, 3.8) is 0 Å². The third-order valence-corrected chi connectivity index (χ3v) is 3.12. The SMILES string of the molecule is Cc1ccc(NC(=O)CNOC2CCCC2)cc1. The maximum absolute atomic E-state index is 11.6. The van der Waals surface area contributed by atoms with Crippen LogP contribution in [0.1, 0.15) is 31.2 Å². The Kier molecular flexibility index (Phi) is 4.73. The lowest BCUT2D eigenvalue weighted by Gasteiger charge is -2.11. The van der Waals surface area contributed by atoms with Crippen molar-refractivity contribution in [2.24, 2.45) is 0 Å². The first-order valence-electron chi connectivity index (χ1n) is 6.49. The van der Waals surface area contributed by atoms with Crippen LogP contribution in [-0.4, -0.2) is 18.6 Å². The lowest BCUT2D eigenvalue weighted by molar-refractivity contribution is -0.119. The Morgan fingerprint density at radius 2 is 1.94 bits per heavy atom. The number of carbonyl (C=O) groups excluding carboxylic acids is 1. The van der Waals surface area contributed by atoms with Crippen molar-refractivity contribution in [2.75, 3.05) is 11.9 Å². The lowest BCUT2D eigenvalue weighted by Crippen LogP contribution is -2.31. The van der Waals surface area contributed by atoms with Crippen LogP contribution in [0.5, 0.6) is 0 Å². The molecular weight excluding hydrogens is 228 g/mol. The number of hydrogen-bond donors (Lipinski definition) is 2. The van der Waals surface area contributed by atoms with Gasteiger partial charge in [-0.3, -0.25) is 9.63 Å². The van der Waals surface area contributed by atoms with Crippen molar-refractivity contribution in [3.8, 4) is 0 Å². The molecule has 0 saturated heterocycles. The number of hydrogen-bond acceptors (Lipinski definition) is 3. The number of anilines is 1. The molecule has 4 nitrogen and oxygen atoms in total. The van der Waals surface area contributed by atoms with Gasteiger partial charge in [0.05, 0.1) is 6.10 Å². The fourth-order valence-electron chi connectivity index (χ4n) is 2.07. The van der Waals surface area contributed by atoms with Gasteiger partial charge in [0.25, 0.3) is 0 Å². The maximum atomic E-state index is 11.6. The van der Waals surface area contributed by atoms with Gasteiger partial charge in [0, 0.05) is 5.69 Å². The third-order valence-electron chi connectivity index (χ3n) is 3.12. The fourth-order valence-corrected chi connectivity index (χ4v) is 2.07. The molecule has 0 radical (unpaired) electrons. The molecule has 2 rings (SSSR count). The summed E-state index contributed by atoms with van der Waals surface area (Å²) in [6.07, 6.45) is 4.90. The average Bonchev–Trinajstić information content (AvgIpc) is 2.85. The highest BCUT2D eigenvalue weighted by Crippen LogP contribution is 2.19. The van der Waals surface area contributed by atoms with E-state index < -0.39 is 0 Å². The highest BCUT2D eigenvalue weighted by atomic mass is 16.7. The van der Waals surface area contributed by atoms with E-state index in [9.17, 15) is 4.79 Å². The van der Waals surface area contributed by atoms with Gasteiger partial charge in [-0.1, -0.05) is 30.5 Å². The Bertz CT molecular complexity index is 383. The zero-order valence-electron chi connectivity index (χ0n) is 10.7. The first-order chi connectivity index (χ1) is 8.74. The summed E-state index contributed by atoms with van der Waals surface area (Å²) < 4.78 is 0. The highest BCUT2D eigenvalue weighted by Gasteiger charge is 2.15. The standard InChI is InChI=1S/C14H20N2O2/c1-11-6-8-12(9-7-11)16-14(17)10-15-18-13-4-2-3-5-13/h6-9,13,15H,2-5,10H2,1H3,(H,16,17). The molecule has 1 fully saturated rings. The van der Waals surface area contributed by atoms with E-state index in [1.807, 2.05) is 31.2 Å². The van der Waals surface area contributed by atoms with Crippen molar-refractivity contribution in [3.05, 3.63) is 29.8 Å². The van der Waals surface area contributed by atoms with Crippen LogP contribution in [0.25, 0.3) is 0 Å². The van der Waals surface area contributed by atoms with Crippen LogP contribution in [0.2, 0.25) is 0 Å². The molecule has 1 saturated carbocycles. The molecule has 98 valence electrons. The maximum Gasteiger partial charge on any atom is 0.240 e. The molecule has 1 aromatic carbocycles. The minimum absolute atomic E-state index is 0.0862. The fraction of sp³-hybridized carbons (Fsp3) is 0.500. The van der Waals surface area contributed by atoms with E-state index in [1.165, 1.54) is 18.4 Å². The molecule has 0 aliphatic heterocycles. The minimum Gasteiger partial charge on any atom is -0.325 e. The molecule has 2 N–H and O–H groups in total. The molecule has 1 amide bonds. The largest absolute Gasteiger partial charge is 0.325 e. The van der Waals surface area contributed by atoms with E-state index >= 15 is 0 Å². The number of carbonyl (C=O) groups is 1. The van der Waals surface area contributed by atoms with Gasteiger partial charge in [0.1, 0.15) is 6.54 Å². The van der Waals surface area contributed by atoms with Crippen molar-refractivity contribution < 1.29 is 9.63 Å². The second-order valence-electron chi connectivity index (χ2n) is 4.76. The molecule has 0 spiro atoms. The topological polar surface area (TPSA) is 50.4 Å². The van der Waals surface area contributed by atoms with E-state index in [-0.39, 0.29) is 18.6 Å². The normalized spacial score (nSPS) is 15.8. The second-order valence-corrected chi connectivity index (χ2v) is 4.76. The molecule has 1 aliphatic carbocycles. The van der Waals surface area contributed by atoms with Crippen molar-refractivity contribution >= 4 is 11.6 Å². The van der Waals surface area contributed by atoms with E-state index in [2.05, 4.69) is 10.8 Å². The first-order valence-corrected chi connectivity index (χ1v) is 6.49. The number of benzene rings is 1. The van der Waals surface area contributed by atoms with Gasteiger partial charge in [-0.25, -0.2) is 0 Å². The summed E-state index contributed by atoms with van der Waals surface area (Å²) in [6, 6.07) is 7.73. The van der Waals surface area contributed by atoms with Crippen LogP contribution in [0, 0.1) is 6.92 Å². The molecule has 0 heterocycles. The van der Waals surface area contributed by atoms with Crippen molar-refractivity contribution in [1.29, 1.82) is 0 Å². The average molecular weight is 248 g/mol. The molecular formula is C14H20N2O2. The van der Waals surface area contributed by atoms with Gasteiger partial charge >= 0.3 is 0 Å². The van der Waals surface area contributed by atoms with Crippen LogP contribution >= 0.6 is 0 Å². The number of amides is 1. The zero-order valence-corrected chi connectivity index (χ0v) is 10.7. The van der Waals surface area contributed by atoms with Gasteiger partial charge in [0.2, 0.25) is 5.91 Å². The Labute approximate surface area is 108 Å². The molecule has 0 aromatic heterocycles. The van der Waals surface area contributed by atoms with Crippen LogP contribution < -0.4 is 10.8 Å². The van der Waals surface area contributed by atoms with Crippen LogP contribution in [0.3, 0.4) is 0 Å². The van der Waals surface area contributed by atoms with E-state index in [1.54, 1.807) is 0 Å². The molecule has 4 heteroatoms. The summed E-state index contributed by atoms with van der Waals surface area (Å²) in [5, 5.41) is 2.81. The summed E-state index contributed by atoms with van der Waals surface area (Å²) in [6.45, 7) is 2.20. The van der Waals surface area contributed by atoms with E-state index in [4.69, 9.17) is 4.84 Å². The quantitative estimate of drug-likeness (QED) is 0.787. The number of aryl methyl sites for hydroxylation is 1. The molecule has 18 heavy (non-hydrogen) atoms. The predicted octanol–water partition coefficient (Wildman–Crippen LogP) is 2.40. The number of nitrogens with one attached hydrogen (secondary N) is 2. The Hall–Kier alpha value is -1.39. The monoisotopic (exact) mass is 248 g/mol.